The minimum absolute atomic E-state index is 0.00200. The number of alkyl halides is 3. The van der Waals surface area contributed by atoms with Crippen molar-refractivity contribution >= 4 is 28.8 Å². The molecule has 0 amide bonds. The predicted octanol–water partition coefficient (Wildman–Crippen LogP) is 5.66. The maximum atomic E-state index is 14.2. The Morgan fingerprint density at radius 1 is 0.979 bits per heavy atom. The topological polar surface area (TPSA) is 99.1 Å². The Kier molecular flexibility index (Phi) is 8.11. The van der Waals surface area contributed by atoms with Crippen LogP contribution in [0.15, 0.2) is 83.8 Å². The van der Waals surface area contributed by atoms with Crippen LogP contribution < -0.4 is 24.2 Å². The van der Waals surface area contributed by atoms with Crippen LogP contribution in [0.4, 0.5) is 13.2 Å². The second-order valence-electron chi connectivity index (χ2n) is 11.7. The van der Waals surface area contributed by atoms with Crippen LogP contribution in [-0.4, -0.2) is 33.3 Å². The zero-order valence-corrected chi connectivity index (χ0v) is 26.3. The molecule has 6 rings (SSSR count). The fourth-order valence-electron chi connectivity index (χ4n) is 5.11. The molecule has 2 aromatic heterocycles. The van der Waals surface area contributed by atoms with Crippen LogP contribution in [0.1, 0.15) is 31.9 Å². The Balaban J connectivity index is 1.67. The Morgan fingerprint density at radius 3 is 2.34 bits per heavy atom. The molecular weight excluding hydrogens is 629 g/mol. The van der Waals surface area contributed by atoms with E-state index in [1.165, 1.54) is 18.2 Å². The molecule has 0 radical (unpaired) electrons. The highest BCUT2D eigenvalue weighted by Gasteiger charge is 2.35. The Labute approximate surface area is 270 Å². The van der Waals surface area contributed by atoms with Crippen LogP contribution in [0.25, 0.3) is 34.3 Å². The van der Waals surface area contributed by atoms with Gasteiger partial charge in [-0.15, -0.1) is 11.3 Å². The summed E-state index contributed by atoms with van der Waals surface area (Å²) in [5.74, 6) is 0.484. The summed E-state index contributed by atoms with van der Waals surface area (Å²) in [4.78, 5) is 27.6. The van der Waals surface area contributed by atoms with Crippen LogP contribution in [0.5, 0.6) is 11.5 Å². The zero-order chi connectivity index (χ0) is 33.5. The van der Waals surface area contributed by atoms with Gasteiger partial charge in [0.1, 0.15) is 35.2 Å². The molecule has 5 aromatic rings. The van der Waals surface area contributed by atoms with Crippen molar-refractivity contribution in [2.75, 3.05) is 13.2 Å². The van der Waals surface area contributed by atoms with E-state index in [-0.39, 0.29) is 9.20 Å². The maximum absolute atomic E-state index is 14.2. The van der Waals surface area contributed by atoms with Crippen molar-refractivity contribution in [2.24, 2.45) is 5.41 Å². The van der Waals surface area contributed by atoms with Gasteiger partial charge in [-0.25, -0.2) is 4.68 Å². The molecule has 0 spiro atoms. The lowest BCUT2D eigenvalue weighted by Gasteiger charge is -2.18. The van der Waals surface area contributed by atoms with Gasteiger partial charge in [0.25, 0.3) is 5.56 Å². The van der Waals surface area contributed by atoms with Crippen LogP contribution in [0.3, 0.4) is 0 Å². The van der Waals surface area contributed by atoms with Gasteiger partial charge in [0, 0.05) is 22.7 Å². The number of nitriles is 1. The van der Waals surface area contributed by atoms with Crippen LogP contribution >= 0.6 is 11.3 Å². The Morgan fingerprint density at radius 2 is 1.66 bits per heavy atom. The van der Waals surface area contributed by atoms with E-state index in [1.54, 1.807) is 49.8 Å². The third-order valence-corrected chi connectivity index (χ3v) is 8.47. The van der Waals surface area contributed by atoms with Crippen molar-refractivity contribution in [3.63, 3.8) is 0 Å². The number of halogens is 3. The number of ketones is 1. The molecule has 1 aliphatic rings. The molecule has 47 heavy (non-hydrogen) atoms. The van der Waals surface area contributed by atoms with Crippen LogP contribution in [0.2, 0.25) is 0 Å². The van der Waals surface area contributed by atoms with Crippen molar-refractivity contribution < 1.29 is 27.4 Å². The summed E-state index contributed by atoms with van der Waals surface area (Å²) < 4.78 is 56.3. The molecule has 0 unspecified atom stereocenters. The molecule has 1 aliphatic heterocycles. The van der Waals surface area contributed by atoms with Gasteiger partial charge in [-0.05, 0) is 48.5 Å². The largest absolute Gasteiger partial charge is 0.486 e. The number of hydrogen-bond acceptors (Lipinski definition) is 7. The SMILES string of the molecule is CC(C)(C)C(=O)/C(C#N)=c1\s/c(=C\c2cn(-c3ccccc3)nc2-c2ccc3c(c2)OCCO3)c(=O)n1-c1ccccc1C(F)(F)F. The van der Waals surface area contributed by atoms with Crippen LogP contribution in [-0.2, 0) is 11.0 Å². The molecule has 0 aliphatic carbocycles. The standard InChI is InChI=1S/C35H27F3N4O4S/c1-34(2,3)31(43)24(19-39)33-42(26-12-8-7-11-25(26)35(36,37)38)32(44)29(47-33)18-22-20-41(23-9-5-4-6-10-23)40-30(22)21-13-14-27-28(17-21)46-16-15-45-27/h4-14,17-18,20H,15-16H2,1-3H3/b29-18-,33-24-. The second-order valence-corrected chi connectivity index (χ2v) is 12.7. The minimum atomic E-state index is -4.82. The molecular formula is C35H27F3N4O4S. The zero-order valence-electron chi connectivity index (χ0n) is 25.5. The predicted molar refractivity (Wildman–Crippen MR) is 171 cm³/mol. The van der Waals surface area contributed by atoms with E-state index < -0.39 is 39.8 Å². The quantitative estimate of drug-likeness (QED) is 0.242. The Bertz CT molecular complexity index is 2240. The molecule has 0 atom stereocenters. The number of rotatable bonds is 5. The van der Waals surface area contributed by atoms with Crippen molar-refractivity contribution in [3.8, 4) is 40.2 Å². The number of ether oxygens (including phenoxy) is 2. The van der Waals surface area contributed by atoms with Crippen molar-refractivity contribution in [3.05, 3.63) is 110 Å². The van der Waals surface area contributed by atoms with Gasteiger partial charge in [0.15, 0.2) is 17.3 Å². The lowest BCUT2D eigenvalue weighted by Crippen LogP contribution is -2.34. The number of hydrogen-bond donors (Lipinski definition) is 0. The van der Waals surface area contributed by atoms with E-state index in [4.69, 9.17) is 14.6 Å². The molecule has 3 heterocycles. The summed E-state index contributed by atoms with van der Waals surface area (Å²) in [6.45, 7) is 5.57. The summed E-state index contributed by atoms with van der Waals surface area (Å²) in [7, 11) is 0. The summed E-state index contributed by atoms with van der Waals surface area (Å²) in [6.07, 6.45) is -1.61. The first kappa shape index (κ1) is 31.6. The molecule has 0 saturated heterocycles. The van der Waals surface area contributed by atoms with Crippen molar-refractivity contribution in [1.29, 1.82) is 5.26 Å². The molecule has 238 valence electrons. The molecule has 0 saturated carbocycles. The first-order valence-electron chi connectivity index (χ1n) is 14.5. The number of carbonyl (C=O) groups is 1. The lowest BCUT2D eigenvalue weighted by molar-refractivity contribution is -0.137. The minimum Gasteiger partial charge on any atom is -0.486 e. The van der Waals surface area contributed by atoms with Gasteiger partial charge in [-0.1, -0.05) is 51.1 Å². The molecule has 8 nitrogen and oxygen atoms in total. The van der Waals surface area contributed by atoms with Gasteiger partial charge in [-0.3, -0.25) is 14.2 Å². The normalized spacial score (nSPS) is 14.1. The first-order chi connectivity index (χ1) is 22.4. The van der Waals surface area contributed by atoms with E-state index in [0.717, 1.165) is 33.7 Å². The fourth-order valence-corrected chi connectivity index (χ4v) is 6.20. The summed E-state index contributed by atoms with van der Waals surface area (Å²) >= 11 is 0.770. The molecule has 3 aromatic carbocycles. The van der Waals surface area contributed by atoms with Gasteiger partial charge in [0.2, 0.25) is 0 Å². The van der Waals surface area contributed by atoms with Crippen molar-refractivity contribution in [1.82, 2.24) is 14.3 Å². The second kappa shape index (κ2) is 12.1. The lowest BCUT2D eigenvalue weighted by atomic mass is 9.87. The maximum Gasteiger partial charge on any atom is 0.418 e. The van der Waals surface area contributed by atoms with Gasteiger partial charge >= 0.3 is 6.18 Å². The number of para-hydroxylation sites is 2. The average Bonchev–Trinajstić information content (AvgIpc) is 3.61. The summed E-state index contributed by atoms with van der Waals surface area (Å²) in [5, 5.41) is 14.9. The van der Waals surface area contributed by atoms with Crippen LogP contribution in [0, 0.1) is 16.7 Å². The Hall–Kier alpha value is -5.41. The molecule has 0 N–H and O–H groups in total. The number of Topliss-reactive ketones (excluding diaryl/α,β-unsaturated/α-hetero) is 1. The number of carbonyl (C=O) groups excluding carboxylic acids is 1. The van der Waals surface area contributed by atoms with Crippen molar-refractivity contribution in [2.45, 2.75) is 26.9 Å². The molecule has 12 heteroatoms. The highest BCUT2D eigenvalue weighted by molar-refractivity contribution is 7.07. The number of aromatic nitrogens is 3. The summed E-state index contributed by atoms with van der Waals surface area (Å²) in [5.41, 5.74) is -1.57. The third kappa shape index (κ3) is 6.09. The highest BCUT2D eigenvalue weighted by atomic mass is 32.1. The number of thiazole rings is 1. The fraction of sp³-hybridized carbons (Fsp3) is 0.200. The van der Waals surface area contributed by atoms with E-state index in [1.807, 2.05) is 36.4 Å². The van der Waals surface area contributed by atoms with E-state index in [0.29, 0.717) is 41.5 Å². The van der Waals surface area contributed by atoms with E-state index in [9.17, 15) is 28.0 Å². The number of fused-ring (bicyclic) bond motifs is 1. The molecule has 0 bridgehead atoms. The van der Waals surface area contributed by atoms with Gasteiger partial charge < -0.3 is 9.47 Å². The number of benzene rings is 3. The summed E-state index contributed by atoms with van der Waals surface area (Å²) in [6, 6.07) is 21.0. The number of nitrogens with zero attached hydrogens (tertiary/aromatic N) is 4. The first-order valence-corrected chi connectivity index (χ1v) is 15.3. The smallest absolute Gasteiger partial charge is 0.418 e. The highest BCUT2D eigenvalue weighted by Crippen LogP contribution is 2.36. The average molecular weight is 657 g/mol. The third-order valence-electron chi connectivity index (χ3n) is 7.37. The monoisotopic (exact) mass is 656 g/mol. The van der Waals surface area contributed by atoms with Gasteiger partial charge in [0.05, 0.1) is 21.5 Å². The van der Waals surface area contributed by atoms with E-state index >= 15 is 0 Å². The van der Waals surface area contributed by atoms with E-state index in [2.05, 4.69) is 0 Å². The van der Waals surface area contributed by atoms with Gasteiger partial charge in [-0.2, -0.15) is 23.5 Å². The molecule has 0 fully saturated rings.